The van der Waals surface area contributed by atoms with Crippen molar-refractivity contribution in [1.29, 1.82) is 0 Å². The Balaban J connectivity index is 1.58. The van der Waals surface area contributed by atoms with Gasteiger partial charge in [0.2, 0.25) is 0 Å². The summed E-state index contributed by atoms with van der Waals surface area (Å²) in [6, 6.07) is 14.7. The summed E-state index contributed by atoms with van der Waals surface area (Å²) in [4.78, 5) is 17.0. The summed E-state index contributed by atoms with van der Waals surface area (Å²) in [5.74, 6) is 0. The number of aryl methyl sites for hydroxylation is 2. The Labute approximate surface area is 141 Å². The van der Waals surface area contributed by atoms with Crippen LogP contribution >= 0.6 is 0 Å². The zero-order valence-corrected chi connectivity index (χ0v) is 13.9. The van der Waals surface area contributed by atoms with Crippen molar-refractivity contribution in [1.82, 2.24) is 9.38 Å². The molecule has 0 saturated heterocycles. The van der Waals surface area contributed by atoms with E-state index in [2.05, 4.69) is 34.6 Å². The van der Waals surface area contributed by atoms with Crippen LogP contribution in [0.3, 0.4) is 0 Å². The first-order valence-corrected chi connectivity index (χ1v) is 8.61. The van der Waals surface area contributed by atoms with Gasteiger partial charge in [0, 0.05) is 24.2 Å². The van der Waals surface area contributed by atoms with Crippen molar-refractivity contribution in [3.63, 3.8) is 0 Å². The lowest BCUT2D eigenvalue weighted by molar-refractivity contribution is -0.712. The molecular formula is C20H22N3O+. The van der Waals surface area contributed by atoms with E-state index in [1.807, 2.05) is 25.3 Å². The lowest BCUT2D eigenvalue weighted by atomic mass is 9.88. The van der Waals surface area contributed by atoms with Crippen molar-refractivity contribution in [2.75, 3.05) is 0 Å². The predicted octanol–water partition coefficient (Wildman–Crippen LogP) is 2.14. The summed E-state index contributed by atoms with van der Waals surface area (Å²) in [6.07, 6.45) is 5.43. The van der Waals surface area contributed by atoms with Crippen LogP contribution in [0.4, 0.5) is 0 Å². The van der Waals surface area contributed by atoms with E-state index in [0.29, 0.717) is 6.04 Å². The molecule has 4 nitrogen and oxygen atoms in total. The lowest BCUT2D eigenvalue weighted by Gasteiger charge is -2.23. The molecule has 2 N–H and O–H groups in total. The molecule has 1 aliphatic rings. The molecule has 122 valence electrons. The van der Waals surface area contributed by atoms with Gasteiger partial charge < -0.3 is 5.32 Å². The van der Waals surface area contributed by atoms with Gasteiger partial charge in [-0.2, -0.15) is 0 Å². The van der Waals surface area contributed by atoms with Crippen molar-refractivity contribution in [3.05, 3.63) is 81.4 Å². The normalized spacial score (nSPS) is 17.0. The Morgan fingerprint density at radius 1 is 1.25 bits per heavy atom. The number of nitrogens with two attached hydrogens (primary N) is 1. The van der Waals surface area contributed by atoms with Crippen LogP contribution in [-0.4, -0.2) is 9.38 Å². The summed E-state index contributed by atoms with van der Waals surface area (Å²) < 4.78 is 1.62. The third-order valence-electron chi connectivity index (χ3n) is 4.89. The van der Waals surface area contributed by atoms with E-state index in [1.54, 1.807) is 10.5 Å². The van der Waals surface area contributed by atoms with Gasteiger partial charge in [-0.05, 0) is 37.0 Å². The summed E-state index contributed by atoms with van der Waals surface area (Å²) >= 11 is 0. The highest BCUT2D eigenvalue weighted by atomic mass is 16.1. The largest absolute Gasteiger partial charge is 0.335 e. The van der Waals surface area contributed by atoms with E-state index >= 15 is 0 Å². The van der Waals surface area contributed by atoms with Gasteiger partial charge in [-0.15, -0.1) is 0 Å². The molecule has 24 heavy (non-hydrogen) atoms. The van der Waals surface area contributed by atoms with Crippen LogP contribution in [-0.2, 0) is 13.0 Å². The molecule has 1 aliphatic carbocycles. The smallest absolute Gasteiger partial charge is 0.258 e. The minimum Gasteiger partial charge on any atom is -0.335 e. The number of hydrogen-bond donors (Lipinski definition) is 1. The molecule has 0 aliphatic heterocycles. The second kappa shape index (κ2) is 6.21. The molecule has 1 aromatic carbocycles. The van der Waals surface area contributed by atoms with Gasteiger partial charge in [0.15, 0.2) is 0 Å². The third kappa shape index (κ3) is 2.85. The van der Waals surface area contributed by atoms with Crippen molar-refractivity contribution in [3.8, 4) is 0 Å². The number of aromatic nitrogens is 2. The van der Waals surface area contributed by atoms with Gasteiger partial charge >= 0.3 is 0 Å². The van der Waals surface area contributed by atoms with Crippen molar-refractivity contribution < 1.29 is 5.32 Å². The van der Waals surface area contributed by atoms with Gasteiger partial charge in [0.25, 0.3) is 5.56 Å². The highest BCUT2D eigenvalue weighted by Gasteiger charge is 2.22. The Kier molecular flexibility index (Phi) is 3.90. The molecule has 4 heteroatoms. The van der Waals surface area contributed by atoms with Crippen molar-refractivity contribution >= 4 is 5.65 Å². The SMILES string of the molecule is Cc1ccc2nc(C[NH2+][C@H]3CCCc4ccccc43)cc(=O)n2c1. The van der Waals surface area contributed by atoms with E-state index in [0.717, 1.165) is 23.4 Å². The second-order valence-electron chi connectivity index (χ2n) is 6.66. The fourth-order valence-electron chi connectivity index (χ4n) is 3.66. The molecule has 0 bridgehead atoms. The first-order chi connectivity index (χ1) is 11.7. The fourth-order valence-corrected chi connectivity index (χ4v) is 3.66. The highest BCUT2D eigenvalue weighted by Crippen LogP contribution is 2.26. The third-order valence-corrected chi connectivity index (χ3v) is 4.89. The van der Waals surface area contributed by atoms with Gasteiger partial charge in [-0.25, -0.2) is 4.98 Å². The standard InChI is InChI=1S/C20H21N3O/c1-14-9-10-19-22-16(11-20(24)23(19)13-14)12-21-18-8-4-6-15-5-2-3-7-17(15)18/h2-3,5,7,9-11,13,18,21H,4,6,8,12H2,1H3/p+1/t18-/m0/s1. The summed E-state index contributed by atoms with van der Waals surface area (Å²) in [6.45, 7) is 2.71. The Morgan fingerprint density at radius 3 is 3.04 bits per heavy atom. The Morgan fingerprint density at radius 2 is 2.12 bits per heavy atom. The van der Waals surface area contributed by atoms with E-state index in [-0.39, 0.29) is 5.56 Å². The Hall–Kier alpha value is -2.46. The fraction of sp³-hybridized carbons (Fsp3) is 0.300. The van der Waals surface area contributed by atoms with Gasteiger partial charge in [0.1, 0.15) is 23.9 Å². The molecule has 0 unspecified atom stereocenters. The van der Waals surface area contributed by atoms with Gasteiger partial charge in [-0.3, -0.25) is 9.20 Å². The average Bonchev–Trinajstić information content (AvgIpc) is 2.60. The number of hydrogen-bond acceptors (Lipinski definition) is 2. The minimum absolute atomic E-state index is 0.00357. The highest BCUT2D eigenvalue weighted by molar-refractivity contribution is 5.39. The summed E-state index contributed by atoms with van der Waals surface area (Å²) in [5, 5.41) is 2.32. The van der Waals surface area contributed by atoms with Crippen LogP contribution in [0.1, 0.15) is 41.3 Å². The molecule has 0 amide bonds. The molecule has 3 aromatic rings. The molecular weight excluding hydrogens is 298 g/mol. The molecule has 2 heterocycles. The van der Waals surface area contributed by atoms with Crippen LogP contribution in [0.5, 0.6) is 0 Å². The van der Waals surface area contributed by atoms with Crippen molar-refractivity contribution in [2.24, 2.45) is 0 Å². The first kappa shape index (κ1) is 15.1. The van der Waals surface area contributed by atoms with Gasteiger partial charge in [0.05, 0.1) is 0 Å². The molecule has 0 fully saturated rings. The maximum Gasteiger partial charge on any atom is 0.258 e. The minimum atomic E-state index is -0.00357. The summed E-state index contributed by atoms with van der Waals surface area (Å²) in [7, 11) is 0. The molecule has 1 atom stereocenters. The first-order valence-electron chi connectivity index (χ1n) is 8.61. The molecule has 2 aromatic heterocycles. The number of quaternary nitrogens is 1. The molecule has 4 rings (SSSR count). The number of pyridine rings is 1. The maximum absolute atomic E-state index is 12.3. The lowest BCUT2D eigenvalue weighted by Crippen LogP contribution is -2.84. The van der Waals surface area contributed by atoms with Crippen LogP contribution in [0.15, 0.2) is 53.5 Å². The number of rotatable bonds is 3. The summed E-state index contributed by atoms with van der Waals surface area (Å²) in [5.41, 5.74) is 5.54. The van der Waals surface area contributed by atoms with E-state index in [4.69, 9.17) is 0 Å². The Bertz CT molecular complexity index is 945. The second-order valence-corrected chi connectivity index (χ2v) is 6.66. The van der Waals surface area contributed by atoms with E-state index in [1.165, 1.54) is 30.4 Å². The number of fused-ring (bicyclic) bond motifs is 2. The van der Waals surface area contributed by atoms with Crippen LogP contribution in [0.2, 0.25) is 0 Å². The van der Waals surface area contributed by atoms with Gasteiger partial charge in [-0.1, -0.05) is 30.3 Å². The van der Waals surface area contributed by atoms with Crippen molar-refractivity contribution in [2.45, 2.75) is 38.8 Å². The molecule has 0 saturated carbocycles. The van der Waals surface area contributed by atoms with Crippen LogP contribution in [0.25, 0.3) is 5.65 Å². The number of benzene rings is 1. The molecule has 0 radical (unpaired) electrons. The topological polar surface area (TPSA) is 51.0 Å². The monoisotopic (exact) mass is 320 g/mol. The van der Waals surface area contributed by atoms with E-state index < -0.39 is 0 Å². The van der Waals surface area contributed by atoms with Crippen LogP contribution in [0, 0.1) is 6.92 Å². The quantitative estimate of drug-likeness (QED) is 0.804. The van der Waals surface area contributed by atoms with Crippen LogP contribution < -0.4 is 10.9 Å². The number of nitrogens with zero attached hydrogens (tertiary/aromatic N) is 2. The average molecular weight is 320 g/mol. The van der Waals surface area contributed by atoms with E-state index in [9.17, 15) is 4.79 Å². The predicted molar refractivity (Wildman–Crippen MR) is 93.9 cm³/mol. The molecule has 0 spiro atoms. The zero-order valence-electron chi connectivity index (χ0n) is 13.9. The maximum atomic E-state index is 12.3. The zero-order chi connectivity index (χ0) is 16.5.